The van der Waals surface area contributed by atoms with Crippen molar-refractivity contribution < 1.29 is 19.8 Å². The number of hydrogen-bond donors (Lipinski definition) is 2. The topological polar surface area (TPSA) is 87.5 Å². The van der Waals surface area contributed by atoms with Crippen LogP contribution >= 0.6 is 0 Å². The maximum Gasteiger partial charge on any atom is 0.197 e. The normalized spacial score (nSPS) is 37.4. The first-order valence-corrected chi connectivity index (χ1v) is 8.86. The van der Waals surface area contributed by atoms with Crippen LogP contribution in [0.5, 0.6) is 0 Å². The van der Waals surface area contributed by atoms with Gasteiger partial charge in [-0.05, 0) is 54.2 Å². The van der Waals surface area contributed by atoms with E-state index in [2.05, 4.69) is 4.98 Å². The van der Waals surface area contributed by atoms with Crippen LogP contribution in [0.2, 0.25) is 0 Å². The molecule has 4 atom stereocenters. The number of aliphatic hydroxyl groups is 2. The summed E-state index contributed by atoms with van der Waals surface area (Å²) < 4.78 is 0. The molecule has 0 spiro atoms. The molecule has 0 radical (unpaired) electrons. The van der Waals surface area contributed by atoms with Crippen molar-refractivity contribution in [3.8, 4) is 0 Å². The van der Waals surface area contributed by atoms with Crippen LogP contribution in [-0.4, -0.2) is 33.4 Å². The van der Waals surface area contributed by atoms with Gasteiger partial charge in [-0.3, -0.25) is 14.6 Å². The third kappa shape index (κ3) is 1.96. The Labute approximate surface area is 146 Å². The molecule has 0 bridgehead atoms. The van der Waals surface area contributed by atoms with E-state index < -0.39 is 10.8 Å². The maximum absolute atomic E-state index is 12.8. The number of pyridine rings is 1. The number of rotatable bonds is 1. The van der Waals surface area contributed by atoms with E-state index in [1.54, 1.807) is 18.5 Å². The molecule has 0 unspecified atom stereocenters. The molecule has 25 heavy (non-hydrogen) atoms. The van der Waals surface area contributed by atoms with E-state index in [0.29, 0.717) is 12.0 Å². The molecule has 2 N–H and O–H groups in total. The Morgan fingerprint density at radius 3 is 2.80 bits per heavy atom. The molecule has 4 rings (SSSR count). The highest BCUT2D eigenvalue weighted by Crippen LogP contribution is 2.63. The van der Waals surface area contributed by atoms with E-state index in [-0.39, 0.29) is 42.2 Å². The van der Waals surface area contributed by atoms with E-state index in [1.807, 2.05) is 13.8 Å². The molecule has 5 heteroatoms. The molecule has 1 saturated carbocycles. The van der Waals surface area contributed by atoms with Crippen LogP contribution in [0.25, 0.3) is 0 Å². The van der Waals surface area contributed by atoms with Crippen molar-refractivity contribution in [2.45, 2.75) is 44.9 Å². The minimum Gasteiger partial charge on any atom is -0.504 e. The first-order valence-electron chi connectivity index (χ1n) is 8.86. The maximum atomic E-state index is 12.8. The lowest BCUT2D eigenvalue weighted by Crippen LogP contribution is -2.59. The van der Waals surface area contributed by atoms with Crippen LogP contribution in [-0.2, 0) is 10.2 Å². The van der Waals surface area contributed by atoms with Gasteiger partial charge in [-0.15, -0.1) is 0 Å². The van der Waals surface area contributed by atoms with Crippen molar-refractivity contribution in [2.75, 3.05) is 6.61 Å². The van der Waals surface area contributed by atoms with Crippen molar-refractivity contribution in [3.05, 3.63) is 40.9 Å². The Bertz CT molecular complexity index is 814. The molecule has 0 amide bonds. The van der Waals surface area contributed by atoms with Crippen molar-refractivity contribution in [3.63, 3.8) is 0 Å². The summed E-state index contributed by atoms with van der Waals surface area (Å²) in [5, 5.41) is 20.5. The van der Waals surface area contributed by atoms with Gasteiger partial charge in [0.2, 0.25) is 0 Å². The standard InChI is InChI=1S/C20H23NO4/c1-11-13-3-5-20(10-22)14-9-21-6-4-12(14)15(23)7-17(20)19(13,2)8-16(24)18(11)25/h4,6,9,13,17,22,25H,3,5,7-8,10H2,1-2H3/t13-,17+,19-,20+/m0/s1. The lowest BCUT2D eigenvalue weighted by molar-refractivity contribution is -0.128. The van der Waals surface area contributed by atoms with Gasteiger partial charge >= 0.3 is 0 Å². The minimum atomic E-state index is -0.545. The van der Waals surface area contributed by atoms with Gasteiger partial charge in [-0.25, -0.2) is 0 Å². The molecular formula is C20H23NO4. The molecular weight excluding hydrogens is 318 g/mol. The number of allylic oxidation sites excluding steroid dienone is 2. The molecule has 1 aromatic heterocycles. The Balaban J connectivity index is 1.92. The Kier molecular flexibility index (Phi) is 3.45. The fourth-order valence-electron chi connectivity index (χ4n) is 5.91. The predicted octanol–water partition coefficient (Wildman–Crippen LogP) is 2.74. The van der Waals surface area contributed by atoms with Crippen molar-refractivity contribution in [1.82, 2.24) is 4.98 Å². The van der Waals surface area contributed by atoms with Crippen LogP contribution in [0.1, 0.15) is 55.5 Å². The smallest absolute Gasteiger partial charge is 0.197 e. The molecule has 3 aliphatic rings. The number of Topliss-reactive ketones (excluding diaryl/α,β-unsaturated/α-hetero) is 2. The summed E-state index contributed by atoms with van der Waals surface area (Å²) in [5.74, 6) is -0.393. The fraction of sp³-hybridized carbons (Fsp3) is 0.550. The van der Waals surface area contributed by atoms with Gasteiger partial charge in [0.25, 0.3) is 0 Å². The monoisotopic (exact) mass is 341 g/mol. The van der Waals surface area contributed by atoms with E-state index in [0.717, 1.165) is 24.0 Å². The third-order valence-electron chi connectivity index (χ3n) is 7.17. The van der Waals surface area contributed by atoms with Crippen LogP contribution < -0.4 is 0 Å². The van der Waals surface area contributed by atoms with Gasteiger partial charge in [-0.2, -0.15) is 0 Å². The third-order valence-corrected chi connectivity index (χ3v) is 7.17. The summed E-state index contributed by atoms with van der Waals surface area (Å²) in [6.07, 6.45) is 5.37. The average Bonchev–Trinajstić information content (AvgIpc) is 2.61. The largest absolute Gasteiger partial charge is 0.504 e. The molecule has 0 aliphatic heterocycles. The predicted molar refractivity (Wildman–Crippen MR) is 91.2 cm³/mol. The van der Waals surface area contributed by atoms with E-state index >= 15 is 0 Å². The molecule has 1 fully saturated rings. The molecule has 132 valence electrons. The molecule has 0 saturated heterocycles. The second kappa shape index (κ2) is 5.24. The number of ketones is 2. The number of carbonyl (C=O) groups is 2. The zero-order valence-corrected chi connectivity index (χ0v) is 14.6. The van der Waals surface area contributed by atoms with Gasteiger partial charge in [0, 0.05) is 36.2 Å². The summed E-state index contributed by atoms with van der Waals surface area (Å²) in [5.41, 5.74) is 1.21. The number of hydrogen-bond acceptors (Lipinski definition) is 5. The quantitative estimate of drug-likeness (QED) is 0.820. The molecule has 0 aromatic carbocycles. The minimum absolute atomic E-state index is 0.0530. The van der Waals surface area contributed by atoms with Crippen LogP contribution in [0.15, 0.2) is 29.8 Å². The Hall–Kier alpha value is -2.01. The molecule has 3 aliphatic carbocycles. The molecule has 1 aromatic rings. The summed E-state index contributed by atoms with van der Waals surface area (Å²) in [6.45, 7) is 3.81. The Morgan fingerprint density at radius 2 is 2.08 bits per heavy atom. The Morgan fingerprint density at radius 1 is 1.32 bits per heavy atom. The van der Waals surface area contributed by atoms with Gasteiger partial charge in [0.05, 0.1) is 6.61 Å². The lowest BCUT2D eigenvalue weighted by Gasteiger charge is -2.59. The highest BCUT2D eigenvalue weighted by molar-refractivity contribution is 6.00. The fourth-order valence-corrected chi connectivity index (χ4v) is 5.91. The second-order valence-corrected chi connectivity index (χ2v) is 8.14. The number of nitrogens with zero attached hydrogens (tertiary/aromatic N) is 1. The second-order valence-electron chi connectivity index (χ2n) is 8.14. The van der Waals surface area contributed by atoms with Gasteiger partial charge in [0.15, 0.2) is 17.3 Å². The van der Waals surface area contributed by atoms with Gasteiger partial charge in [0.1, 0.15) is 0 Å². The van der Waals surface area contributed by atoms with Crippen LogP contribution in [0.3, 0.4) is 0 Å². The van der Waals surface area contributed by atoms with Crippen LogP contribution in [0, 0.1) is 17.3 Å². The number of aromatic nitrogens is 1. The highest BCUT2D eigenvalue weighted by Gasteiger charge is 2.61. The first kappa shape index (κ1) is 16.5. The summed E-state index contributed by atoms with van der Waals surface area (Å²) in [4.78, 5) is 29.4. The van der Waals surface area contributed by atoms with E-state index in [9.17, 15) is 19.8 Å². The van der Waals surface area contributed by atoms with E-state index in [1.165, 1.54) is 0 Å². The number of carbonyl (C=O) groups excluding carboxylic acids is 2. The van der Waals surface area contributed by atoms with Gasteiger partial charge < -0.3 is 10.2 Å². The first-order chi connectivity index (χ1) is 11.8. The highest BCUT2D eigenvalue weighted by atomic mass is 16.3. The lowest BCUT2D eigenvalue weighted by atomic mass is 9.43. The van der Waals surface area contributed by atoms with Crippen molar-refractivity contribution >= 4 is 11.6 Å². The van der Waals surface area contributed by atoms with Crippen LogP contribution in [0.4, 0.5) is 0 Å². The summed E-state index contributed by atoms with van der Waals surface area (Å²) in [7, 11) is 0. The average molecular weight is 341 g/mol. The summed E-state index contributed by atoms with van der Waals surface area (Å²) in [6, 6.07) is 1.74. The molecule has 1 heterocycles. The van der Waals surface area contributed by atoms with Crippen molar-refractivity contribution in [1.29, 1.82) is 0 Å². The van der Waals surface area contributed by atoms with Crippen molar-refractivity contribution in [2.24, 2.45) is 17.3 Å². The number of fused-ring (bicyclic) bond motifs is 5. The zero-order chi connectivity index (χ0) is 18.0. The summed E-state index contributed by atoms with van der Waals surface area (Å²) >= 11 is 0. The molecule has 5 nitrogen and oxygen atoms in total. The van der Waals surface area contributed by atoms with E-state index in [4.69, 9.17) is 0 Å². The SMILES string of the molecule is CC1=C(O)C(=O)C[C@@]2(C)[C@H]1CC[C@@]1(CO)c3cnccc3C(=O)C[C@@H]12. The van der Waals surface area contributed by atoms with Gasteiger partial charge in [-0.1, -0.05) is 6.92 Å². The number of aliphatic hydroxyl groups excluding tert-OH is 2. The zero-order valence-electron chi connectivity index (χ0n) is 14.6.